The van der Waals surface area contributed by atoms with Gasteiger partial charge in [-0.1, -0.05) is 48.5 Å². The predicted molar refractivity (Wildman–Crippen MR) is 103 cm³/mol. The van der Waals surface area contributed by atoms with E-state index in [2.05, 4.69) is 5.32 Å². The van der Waals surface area contributed by atoms with E-state index in [-0.39, 0.29) is 12.2 Å². The largest absolute Gasteiger partial charge is 0.374 e. The van der Waals surface area contributed by atoms with E-state index in [1.807, 2.05) is 23.1 Å². The summed E-state index contributed by atoms with van der Waals surface area (Å²) in [5.41, 5.74) is 1.69. The molecule has 27 heavy (non-hydrogen) atoms. The smallest absolute Gasteiger partial charge is 0.258 e. The first-order valence-electron chi connectivity index (χ1n) is 9.07. The summed E-state index contributed by atoms with van der Waals surface area (Å²) in [4.78, 5) is 39.1. The Bertz CT molecular complexity index is 838. The molecule has 138 valence electrons. The number of rotatable bonds is 6. The molecule has 5 heteroatoms. The highest BCUT2D eigenvalue weighted by Crippen LogP contribution is 2.19. The molecule has 0 aromatic heterocycles. The van der Waals surface area contributed by atoms with E-state index in [9.17, 15) is 14.4 Å². The molecule has 1 aliphatic heterocycles. The summed E-state index contributed by atoms with van der Waals surface area (Å²) < 4.78 is 0. The maximum atomic E-state index is 12.6. The molecule has 1 saturated heterocycles. The van der Waals surface area contributed by atoms with Crippen LogP contribution in [0.25, 0.3) is 0 Å². The maximum Gasteiger partial charge on any atom is 0.258 e. The highest BCUT2D eigenvalue weighted by atomic mass is 16.2. The molecule has 2 aromatic carbocycles. The van der Waals surface area contributed by atoms with Crippen molar-refractivity contribution in [2.24, 2.45) is 0 Å². The van der Waals surface area contributed by atoms with Gasteiger partial charge in [-0.25, -0.2) is 0 Å². The summed E-state index contributed by atoms with van der Waals surface area (Å²) in [6.07, 6.45) is 3.58. The van der Waals surface area contributed by atoms with Gasteiger partial charge in [-0.3, -0.25) is 19.7 Å². The van der Waals surface area contributed by atoms with Crippen molar-refractivity contribution < 1.29 is 14.4 Å². The maximum absolute atomic E-state index is 12.6. The number of amides is 2. The Hall–Kier alpha value is -3.21. The van der Waals surface area contributed by atoms with Crippen LogP contribution >= 0.6 is 0 Å². The Morgan fingerprint density at radius 2 is 1.41 bits per heavy atom. The fourth-order valence-electron chi connectivity index (χ4n) is 3.11. The lowest BCUT2D eigenvalue weighted by atomic mass is 10.1. The van der Waals surface area contributed by atoms with Gasteiger partial charge in [0.25, 0.3) is 11.8 Å². The first-order valence-corrected chi connectivity index (χ1v) is 9.07. The number of nitrogens with zero attached hydrogens (tertiary/aromatic N) is 1. The number of likely N-dealkylation sites (tertiary alicyclic amines) is 1. The first-order chi connectivity index (χ1) is 13.1. The molecule has 0 atom stereocenters. The number of imide groups is 1. The summed E-state index contributed by atoms with van der Waals surface area (Å²) >= 11 is 0. The van der Waals surface area contributed by atoms with Crippen LogP contribution < -0.4 is 5.32 Å². The molecule has 0 spiro atoms. The molecule has 1 heterocycles. The molecule has 0 saturated carbocycles. The topological polar surface area (TPSA) is 66.5 Å². The summed E-state index contributed by atoms with van der Waals surface area (Å²) in [7, 11) is 0. The second kappa shape index (κ2) is 8.94. The average Bonchev–Trinajstić information content (AvgIpc) is 3.23. The van der Waals surface area contributed by atoms with E-state index < -0.39 is 11.8 Å². The Morgan fingerprint density at radius 3 is 2.00 bits per heavy atom. The summed E-state index contributed by atoms with van der Waals surface area (Å²) in [6, 6.07) is 17.6. The van der Waals surface area contributed by atoms with Gasteiger partial charge in [-0.2, -0.15) is 0 Å². The zero-order valence-electron chi connectivity index (χ0n) is 15.1. The molecule has 0 bridgehead atoms. The lowest BCUT2D eigenvalue weighted by Crippen LogP contribution is -2.31. The number of carbonyl (C=O) groups excluding carboxylic acids is 3. The van der Waals surface area contributed by atoms with Crippen LogP contribution in [0.1, 0.15) is 40.0 Å². The van der Waals surface area contributed by atoms with Crippen molar-refractivity contribution >= 4 is 17.6 Å². The van der Waals surface area contributed by atoms with Gasteiger partial charge in [-0.15, -0.1) is 0 Å². The monoisotopic (exact) mass is 362 g/mol. The second-order valence-electron chi connectivity index (χ2n) is 6.48. The highest BCUT2D eigenvalue weighted by Gasteiger charge is 2.20. The van der Waals surface area contributed by atoms with Crippen LogP contribution in [0.5, 0.6) is 0 Å². The van der Waals surface area contributed by atoms with Gasteiger partial charge in [0.15, 0.2) is 5.78 Å². The molecule has 1 fully saturated rings. The second-order valence-corrected chi connectivity index (χ2v) is 6.48. The van der Waals surface area contributed by atoms with Crippen LogP contribution in [0.3, 0.4) is 0 Å². The molecule has 1 aliphatic rings. The number of Topliss-reactive ketones (excluding diaryl/α,β-unsaturated/α-hetero) is 1. The summed E-state index contributed by atoms with van der Waals surface area (Å²) in [5, 5.41) is 2.37. The van der Waals surface area contributed by atoms with Crippen molar-refractivity contribution in [3.63, 3.8) is 0 Å². The van der Waals surface area contributed by atoms with Crippen LogP contribution in [0.2, 0.25) is 0 Å². The zero-order chi connectivity index (χ0) is 19.1. The number of allylic oxidation sites excluding steroid dienone is 1. The lowest BCUT2D eigenvalue weighted by molar-refractivity contribution is -0.115. The highest BCUT2D eigenvalue weighted by molar-refractivity contribution is 6.08. The molecule has 5 nitrogen and oxygen atoms in total. The molecular formula is C22H22N2O3. The van der Waals surface area contributed by atoms with Crippen LogP contribution in [0.4, 0.5) is 0 Å². The third kappa shape index (κ3) is 5.14. The fourth-order valence-corrected chi connectivity index (χ4v) is 3.11. The normalized spacial score (nSPS) is 14.1. The number of hydrogen-bond donors (Lipinski definition) is 1. The third-order valence-electron chi connectivity index (χ3n) is 4.52. The van der Waals surface area contributed by atoms with Gasteiger partial charge in [0, 0.05) is 36.0 Å². The van der Waals surface area contributed by atoms with E-state index in [1.54, 1.807) is 42.5 Å². The fraction of sp³-hybridized carbons (Fsp3) is 0.227. The van der Waals surface area contributed by atoms with Crippen molar-refractivity contribution in [1.29, 1.82) is 0 Å². The van der Waals surface area contributed by atoms with Crippen molar-refractivity contribution in [2.45, 2.75) is 19.3 Å². The standard InChI is InChI=1S/C22H22N2O3/c25-20(17-9-3-1-4-10-17)15-19(24-13-7-8-14-24)16-21(26)23-22(27)18-11-5-2-6-12-18/h1-6,9-12,16H,7-8,13-15H2,(H,23,26,27)/b19-16-. The van der Waals surface area contributed by atoms with Gasteiger partial charge in [-0.05, 0) is 25.0 Å². The summed E-state index contributed by atoms with van der Waals surface area (Å²) in [5.74, 6) is -1.01. The molecular weight excluding hydrogens is 340 g/mol. The van der Waals surface area contributed by atoms with Gasteiger partial charge in [0.05, 0.1) is 6.42 Å². The minimum absolute atomic E-state index is 0.0454. The van der Waals surface area contributed by atoms with E-state index in [0.717, 1.165) is 25.9 Å². The third-order valence-corrected chi connectivity index (χ3v) is 4.52. The molecule has 1 N–H and O–H groups in total. The van der Waals surface area contributed by atoms with Crippen molar-refractivity contribution in [3.05, 3.63) is 83.6 Å². The molecule has 0 radical (unpaired) electrons. The Labute approximate surface area is 158 Å². The van der Waals surface area contributed by atoms with Crippen LogP contribution in [-0.4, -0.2) is 35.6 Å². The van der Waals surface area contributed by atoms with Crippen molar-refractivity contribution in [3.8, 4) is 0 Å². The van der Waals surface area contributed by atoms with Gasteiger partial charge >= 0.3 is 0 Å². The zero-order valence-corrected chi connectivity index (χ0v) is 15.1. The van der Waals surface area contributed by atoms with Gasteiger partial charge in [0.1, 0.15) is 0 Å². The number of carbonyl (C=O) groups is 3. The SMILES string of the molecule is O=C(/C=C(/CC(=O)c1ccccc1)N1CCCC1)NC(=O)c1ccccc1. The molecule has 3 rings (SSSR count). The lowest BCUT2D eigenvalue weighted by Gasteiger charge is -2.21. The number of hydrogen-bond acceptors (Lipinski definition) is 4. The number of benzene rings is 2. The Kier molecular flexibility index (Phi) is 6.15. The quantitative estimate of drug-likeness (QED) is 0.633. The number of ketones is 1. The Morgan fingerprint density at radius 1 is 0.852 bits per heavy atom. The average molecular weight is 362 g/mol. The van der Waals surface area contributed by atoms with Crippen molar-refractivity contribution in [1.82, 2.24) is 10.2 Å². The minimum Gasteiger partial charge on any atom is -0.374 e. The van der Waals surface area contributed by atoms with Gasteiger partial charge in [0.2, 0.25) is 0 Å². The Balaban J connectivity index is 1.73. The van der Waals surface area contributed by atoms with Crippen molar-refractivity contribution in [2.75, 3.05) is 13.1 Å². The van der Waals surface area contributed by atoms with E-state index in [4.69, 9.17) is 0 Å². The van der Waals surface area contributed by atoms with E-state index in [0.29, 0.717) is 16.8 Å². The summed E-state index contributed by atoms with van der Waals surface area (Å²) in [6.45, 7) is 1.63. The number of nitrogens with one attached hydrogen (secondary N) is 1. The van der Waals surface area contributed by atoms with E-state index in [1.165, 1.54) is 6.08 Å². The predicted octanol–water partition coefficient (Wildman–Crippen LogP) is 3.20. The first kappa shape index (κ1) is 18.6. The van der Waals surface area contributed by atoms with Crippen LogP contribution in [0.15, 0.2) is 72.4 Å². The molecule has 0 unspecified atom stereocenters. The van der Waals surface area contributed by atoms with Gasteiger partial charge < -0.3 is 4.90 Å². The minimum atomic E-state index is -0.508. The molecule has 2 amide bonds. The van der Waals surface area contributed by atoms with Crippen LogP contribution in [0, 0.1) is 0 Å². The molecule has 0 aliphatic carbocycles. The van der Waals surface area contributed by atoms with E-state index >= 15 is 0 Å². The van der Waals surface area contributed by atoms with Crippen LogP contribution in [-0.2, 0) is 4.79 Å². The molecule has 2 aromatic rings.